The molecule has 1 heteroatoms. The monoisotopic (exact) mass is 233 g/mol. The van der Waals surface area contributed by atoms with Crippen molar-refractivity contribution in [3.8, 4) is 0 Å². The van der Waals surface area contributed by atoms with Gasteiger partial charge in [-0.1, -0.05) is 44.0 Å². The fourth-order valence-corrected chi connectivity index (χ4v) is 2.36. The van der Waals surface area contributed by atoms with Crippen LogP contribution in [0.3, 0.4) is 0 Å². The predicted octanol–water partition coefficient (Wildman–Crippen LogP) is 3.87. The van der Waals surface area contributed by atoms with E-state index in [4.69, 9.17) is 0 Å². The molecule has 0 radical (unpaired) electrons. The Kier molecular flexibility index (Phi) is 6.28. The SMILES string of the molecule is CCCC(CNCC)Cc1cc(C)ccc1C. The summed E-state index contributed by atoms with van der Waals surface area (Å²) in [7, 11) is 0. The number of aryl methyl sites for hydroxylation is 2. The minimum Gasteiger partial charge on any atom is -0.317 e. The second kappa shape index (κ2) is 7.50. The first-order valence-corrected chi connectivity index (χ1v) is 6.94. The molecule has 96 valence electrons. The summed E-state index contributed by atoms with van der Waals surface area (Å²) in [6.45, 7) is 11.1. The summed E-state index contributed by atoms with van der Waals surface area (Å²) in [5.74, 6) is 0.778. The highest BCUT2D eigenvalue weighted by atomic mass is 14.8. The Morgan fingerprint density at radius 3 is 2.59 bits per heavy atom. The Hall–Kier alpha value is -0.820. The van der Waals surface area contributed by atoms with Gasteiger partial charge in [-0.3, -0.25) is 0 Å². The second-order valence-electron chi connectivity index (χ2n) is 5.10. The molecule has 0 aliphatic carbocycles. The number of hydrogen-bond donors (Lipinski definition) is 1. The third-order valence-electron chi connectivity index (χ3n) is 3.39. The van der Waals surface area contributed by atoms with Crippen LogP contribution in [0.5, 0.6) is 0 Å². The molecule has 0 heterocycles. The number of hydrogen-bond acceptors (Lipinski definition) is 1. The first-order valence-electron chi connectivity index (χ1n) is 6.94. The average molecular weight is 233 g/mol. The summed E-state index contributed by atoms with van der Waals surface area (Å²) < 4.78 is 0. The lowest BCUT2D eigenvalue weighted by atomic mass is 9.92. The molecule has 0 saturated carbocycles. The van der Waals surface area contributed by atoms with Crippen LogP contribution in [0.4, 0.5) is 0 Å². The highest BCUT2D eigenvalue weighted by Crippen LogP contribution is 2.18. The first-order chi connectivity index (χ1) is 8.17. The zero-order chi connectivity index (χ0) is 12.7. The van der Waals surface area contributed by atoms with E-state index in [9.17, 15) is 0 Å². The van der Waals surface area contributed by atoms with E-state index in [1.807, 2.05) is 0 Å². The lowest BCUT2D eigenvalue weighted by Crippen LogP contribution is -2.24. The molecule has 0 aliphatic rings. The molecule has 1 nitrogen and oxygen atoms in total. The van der Waals surface area contributed by atoms with Gasteiger partial charge in [0.2, 0.25) is 0 Å². The lowest BCUT2D eigenvalue weighted by molar-refractivity contribution is 0.444. The van der Waals surface area contributed by atoms with Crippen molar-refractivity contribution in [3.05, 3.63) is 34.9 Å². The van der Waals surface area contributed by atoms with E-state index < -0.39 is 0 Å². The molecule has 0 saturated heterocycles. The maximum Gasteiger partial charge on any atom is -0.00175 e. The van der Waals surface area contributed by atoms with E-state index in [1.165, 1.54) is 36.0 Å². The van der Waals surface area contributed by atoms with Crippen LogP contribution in [0.15, 0.2) is 18.2 Å². The van der Waals surface area contributed by atoms with Crippen molar-refractivity contribution in [2.45, 2.75) is 47.0 Å². The van der Waals surface area contributed by atoms with Crippen LogP contribution in [0.1, 0.15) is 43.4 Å². The maximum absolute atomic E-state index is 3.49. The maximum atomic E-state index is 3.49. The van der Waals surface area contributed by atoms with Gasteiger partial charge in [0.25, 0.3) is 0 Å². The summed E-state index contributed by atoms with van der Waals surface area (Å²) in [6.07, 6.45) is 3.82. The zero-order valence-corrected chi connectivity index (χ0v) is 11.8. The first kappa shape index (κ1) is 14.2. The molecule has 1 N–H and O–H groups in total. The predicted molar refractivity (Wildman–Crippen MR) is 76.6 cm³/mol. The van der Waals surface area contributed by atoms with Crippen molar-refractivity contribution in [1.29, 1.82) is 0 Å². The van der Waals surface area contributed by atoms with Crippen LogP contribution in [0, 0.1) is 19.8 Å². The largest absolute Gasteiger partial charge is 0.317 e. The van der Waals surface area contributed by atoms with Gasteiger partial charge in [-0.2, -0.15) is 0 Å². The molecule has 1 rings (SSSR count). The molecule has 1 aromatic carbocycles. The third-order valence-corrected chi connectivity index (χ3v) is 3.39. The average Bonchev–Trinajstić information content (AvgIpc) is 2.31. The second-order valence-corrected chi connectivity index (χ2v) is 5.10. The summed E-state index contributed by atoms with van der Waals surface area (Å²) in [6, 6.07) is 6.81. The Labute approximate surface area is 107 Å². The molecule has 0 fully saturated rings. The minimum atomic E-state index is 0.778. The Morgan fingerprint density at radius 1 is 1.18 bits per heavy atom. The Morgan fingerprint density at radius 2 is 1.94 bits per heavy atom. The fraction of sp³-hybridized carbons (Fsp3) is 0.625. The van der Waals surface area contributed by atoms with Crippen LogP contribution >= 0.6 is 0 Å². The molecular formula is C16H27N. The highest BCUT2D eigenvalue weighted by Gasteiger charge is 2.10. The molecule has 0 aromatic heterocycles. The van der Waals surface area contributed by atoms with Crippen LogP contribution in [-0.2, 0) is 6.42 Å². The van der Waals surface area contributed by atoms with Crippen molar-refractivity contribution in [3.63, 3.8) is 0 Å². The number of rotatable bonds is 7. The van der Waals surface area contributed by atoms with Crippen molar-refractivity contribution < 1.29 is 0 Å². The Balaban J connectivity index is 2.67. The van der Waals surface area contributed by atoms with Gasteiger partial charge in [0.15, 0.2) is 0 Å². The van der Waals surface area contributed by atoms with Crippen molar-refractivity contribution in [2.24, 2.45) is 5.92 Å². The normalized spacial score (nSPS) is 12.7. The lowest BCUT2D eigenvalue weighted by Gasteiger charge is -2.18. The topological polar surface area (TPSA) is 12.0 Å². The van der Waals surface area contributed by atoms with Gasteiger partial charge < -0.3 is 5.32 Å². The van der Waals surface area contributed by atoms with Gasteiger partial charge in [-0.05, 0) is 56.8 Å². The van der Waals surface area contributed by atoms with E-state index in [0.717, 1.165) is 19.0 Å². The third kappa shape index (κ3) is 4.91. The van der Waals surface area contributed by atoms with Crippen molar-refractivity contribution in [1.82, 2.24) is 5.32 Å². The van der Waals surface area contributed by atoms with Crippen LogP contribution < -0.4 is 5.32 Å². The molecule has 1 unspecified atom stereocenters. The van der Waals surface area contributed by atoms with E-state index in [-0.39, 0.29) is 0 Å². The number of benzene rings is 1. The van der Waals surface area contributed by atoms with Crippen molar-refractivity contribution >= 4 is 0 Å². The fourth-order valence-electron chi connectivity index (χ4n) is 2.36. The van der Waals surface area contributed by atoms with Gasteiger partial charge in [0.05, 0.1) is 0 Å². The van der Waals surface area contributed by atoms with E-state index in [1.54, 1.807) is 0 Å². The molecule has 1 atom stereocenters. The van der Waals surface area contributed by atoms with Gasteiger partial charge in [-0.25, -0.2) is 0 Å². The highest BCUT2D eigenvalue weighted by molar-refractivity contribution is 5.30. The molecule has 0 aliphatic heterocycles. The molecule has 1 aromatic rings. The molecule has 0 bridgehead atoms. The van der Waals surface area contributed by atoms with E-state index in [2.05, 4.69) is 51.2 Å². The van der Waals surface area contributed by atoms with Crippen LogP contribution in [-0.4, -0.2) is 13.1 Å². The summed E-state index contributed by atoms with van der Waals surface area (Å²) in [5, 5.41) is 3.49. The van der Waals surface area contributed by atoms with E-state index in [0.29, 0.717) is 0 Å². The quantitative estimate of drug-likeness (QED) is 0.754. The van der Waals surface area contributed by atoms with Gasteiger partial charge in [0.1, 0.15) is 0 Å². The molecule has 17 heavy (non-hydrogen) atoms. The van der Waals surface area contributed by atoms with E-state index >= 15 is 0 Å². The summed E-state index contributed by atoms with van der Waals surface area (Å²) >= 11 is 0. The number of nitrogens with one attached hydrogen (secondary N) is 1. The molecule has 0 amide bonds. The summed E-state index contributed by atoms with van der Waals surface area (Å²) in [5.41, 5.74) is 4.35. The Bertz CT molecular complexity index is 330. The van der Waals surface area contributed by atoms with Gasteiger partial charge in [0, 0.05) is 0 Å². The van der Waals surface area contributed by atoms with Crippen LogP contribution in [0.25, 0.3) is 0 Å². The van der Waals surface area contributed by atoms with Gasteiger partial charge >= 0.3 is 0 Å². The van der Waals surface area contributed by atoms with Gasteiger partial charge in [-0.15, -0.1) is 0 Å². The zero-order valence-electron chi connectivity index (χ0n) is 11.8. The minimum absolute atomic E-state index is 0.778. The van der Waals surface area contributed by atoms with Crippen LogP contribution in [0.2, 0.25) is 0 Å². The smallest absolute Gasteiger partial charge is 0.00175 e. The standard InChI is InChI=1S/C16H27N/c1-5-7-15(12-17-6-2)11-16-10-13(3)8-9-14(16)4/h8-10,15,17H,5-7,11-12H2,1-4H3. The molecule has 0 spiro atoms. The summed E-state index contributed by atoms with van der Waals surface area (Å²) in [4.78, 5) is 0. The molecular weight excluding hydrogens is 206 g/mol. The van der Waals surface area contributed by atoms with Crippen molar-refractivity contribution in [2.75, 3.05) is 13.1 Å².